The van der Waals surface area contributed by atoms with Crippen LogP contribution >= 0.6 is 0 Å². The highest BCUT2D eigenvalue weighted by molar-refractivity contribution is 6.34. The van der Waals surface area contributed by atoms with E-state index in [-0.39, 0.29) is 41.0 Å². The normalized spacial score (nSPS) is 15.4. The molecule has 2 aromatic carbocycles. The van der Waals surface area contributed by atoms with Crippen LogP contribution < -0.4 is 9.13 Å². The van der Waals surface area contributed by atoms with Crippen molar-refractivity contribution in [2.45, 2.75) is 157 Å². The molecule has 60 heavy (non-hydrogen) atoms. The van der Waals surface area contributed by atoms with Crippen LogP contribution in [0.15, 0.2) is 61.2 Å². The number of amides is 4. The Bertz CT molecular complexity index is 2230. The summed E-state index contributed by atoms with van der Waals surface area (Å²) in [4.78, 5) is 63.0. The second-order valence-corrected chi connectivity index (χ2v) is 18.1. The van der Waals surface area contributed by atoms with E-state index in [4.69, 9.17) is 0 Å². The third kappa shape index (κ3) is 7.96. The number of benzene rings is 2. The molecule has 2 aliphatic heterocycles. The summed E-state index contributed by atoms with van der Waals surface area (Å²) in [6.07, 6.45) is 19.4. The van der Waals surface area contributed by atoms with Crippen molar-refractivity contribution in [1.29, 1.82) is 0 Å². The van der Waals surface area contributed by atoms with E-state index in [9.17, 15) is 9.59 Å². The number of pyridine rings is 2. The average Bonchev–Trinajstić information content (AvgIpc) is 3.28. The molecular weight excluding hydrogens is 745 g/mol. The third-order valence-electron chi connectivity index (χ3n) is 14.8. The first-order chi connectivity index (χ1) is 28.8. The molecule has 0 radical (unpaired) electrons. The Morgan fingerprint density at radius 3 is 1.47 bits per heavy atom. The van der Waals surface area contributed by atoms with Gasteiger partial charge in [0, 0.05) is 79.5 Å². The van der Waals surface area contributed by atoms with E-state index in [0.717, 1.165) is 93.7 Å². The maximum absolute atomic E-state index is 15.1. The minimum Gasteiger partial charge on any atom is -0.274 e. The van der Waals surface area contributed by atoms with Crippen LogP contribution in [-0.2, 0) is 11.0 Å². The van der Waals surface area contributed by atoms with E-state index in [2.05, 4.69) is 98.3 Å². The lowest BCUT2D eigenvalue weighted by Crippen LogP contribution is -2.53. The van der Waals surface area contributed by atoms with Crippen LogP contribution in [-0.4, -0.2) is 46.5 Å². The van der Waals surface area contributed by atoms with Gasteiger partial charge in [0.1, 0.15) is 5.56 Å². The molecule has 6 rings (SSSR count). The van der Waals surface area contributed by atoms with E-state index >= 15 is 9.59 Å². The summed E-state index contributed by atoms with van der Waals surface area (Å²) >= 11 is 0. The first-order valence-corrected chi connectivity index (χ1v) is 23.2. The molecule has 0 spiro atoms. The molecule has 4 heterocycles. The van der Waals surface area contributed by atoms with E-state index in [1.165, 1.54) is 9.80 Å². The lowest BCUT2D eigenvalue weighted by molar-refractivity contribution is -0.762. The van der Waals surface area contributed by atoms with Gasteiger partial charge >= 0.3 is 0 Å². The molecule has 2 unspecified atom stereocenters. The van der Waals surface area contributed by atoms with E-state index in [0.29, 0.717) is 51.8 Å². The van der Waals surface area contributed by atoms with Gasteiger partial charge in [0.2, 0.25) is 5.69 Å². The van der Waals surface area contributed by atoms with Crippen LogP contribution in [0.1, 0.15) is 193 Å². The van der Waals surface area contributed by atoms with Crippen molar-refractivity contribution in [3.8, 4) is 16.8 Å². The van der Waals surface area contributed by atoms with Gasteiger partial charge in [-0.3, -0.25) is 29.0 Å². The number of unbranched alkanes of at least 4 members (excludes halogenated alkanes) is 2. The fraction of sp³-hybridized carbons (Fsp3) is 0.538. The Labute approximate surface area is 359 Å². The number of hydrogen-bond donors (Lipinski definition) is 0. The molecule has 0 aliphatic carbocycles. The van der Waals surface area contributed by atoms with Crippen LogP contribution in [0.5, 0.6) is 0 Å². The van der Waals surface area contributed by atoms with Gasteiger partial charge in [0.25, 0.3) is 23.6 Å². The standard InChI is InChI=1S/C52H70N4O4/c1-11-19-21-35(13-3)33-55-48(58)40-32-42(53-27-23-37(24-28-53)38-25-29-54(30-26-38)52(10,17-7)18-8)46-44-39(47(57)56(50(46)60)34-36(14-4)22-20-12-2)31-41(51(9,15-5)16-6)45(43(40)44)49(55)59/h23-32,35-36H,11-22,33-34H2,1-10H3/q+2. The maximum atomic E-state index is 15.1. The lowest BCUT2D eigenvalue weighted by Gasteiger charge is -2.38. The fourth-order valence-corrected chi connectivity index (χ4v) is 9.51. The van der Waals surface area contributed by atoms with Crippen molar-refractivity contribution in [2.75, 3.05) is 13.1 Å². The predicted octanol–water partition coefficient (Wildman–Crippen LogP) is 11.3. The summed E-state index contributed by atoms with van der Waals surface area (Å²) in [7, 11) is 0. The zero-order chi connectivity index (χ0) is 43.5. The van der Waals surface area contributed by atoms with Gasteiger partial charge in [-0.15, -0.1) is 0 Å². The molecule has 0 saturated carbocycles. The summed E-state index contributed by atoms with van der Waals surface area (Å²) < 4.78 is 4.19. The summed E-state index contributed by atoms with van der Waals surface area (Å²) in [5, 5.41) is 0.893. The van der Waals surface area contributed by atoms with E-state index < -0.39 is 5.41 Å². The van der Waals surface area contributed by atoms with Crippen LogP contribution in [0.25, 0.3) is 27.6 Å². The van der Waals surface area contributed by atoms with Crippen molar-refractivity contribution in [3.05, 3.63) is 89.0 Å². The lowest BCUT2D eigenvalue weighted by atomic mass is 9.71. The van der Waals surface area contributed by atoms with Gasteiger partial charge < -0.3 is 0 Å². The first kappa shape index (κ1) is 44.8. The van der Waals surface area contributed by atoms with E-state index in [1.807, 2.05) is 41.2 Å². The number of hydrogen-bond acceptors (Lipinski definition) is 4. The number of aromatic nitrogens is 2. The van der Waals surface area contributed by atoms with Gasteiger partial charge in [0.05, 0.1) is 11.1 Å². The first-order valence-electron chi connectivity index (χ1n) is 23.2. The maximum Gasteiger partial charge on any atom is 0.268 e. The van der Waals surface area contributed by atoms with Crippen molar-refractivity contribution in [1.82, 2.24) is 9.80 Å². The summed E-state index contributed by atoms with van der Waals surface area (Å²) in [6, 6.07) is 12.1. The van der Waals surface area contributed by atoms with Crippen molar-refractivity contribution in [3.63, 3.8) is 0 Å². The molecule has 8 nitrogen and oxygen atoms in total. The third-order valence-corrected chi connectivity index (χ3v) is 14.8. The van der Waals surface area contributed by atoms with Crippen molar-refractivity contribution < 1.29 is 28.3 Å². The monoisotopic (exact) mass is 815 g/mol. The molecule has 8 heteroatoms. The van der Waals surface area contributed by atoms with E-state index in [1.54, 1.807) is 0 Å². The summed E-state index contributed by atoms with van der Waals surface area (Å²) in [6.45, 7) is 22.3. The predicted molar refractivity (Wildman–Crippen MR) is 241 cm³/mol. The van der Waals surface area contributed by atoms with Crippen LogP contribution in [0, 0.1) is 11.8 Å². The van der Waals surface area contributed by atoms with Gasteiger partial charge in [0.15, 0.2) is 30.3 Å². The molecule has 4 amide bonds. The van der Waals surface area contributed by atoms with Gasteiger partial charge in [-0.25, -0.2) is 4.57 Å². The molecule has 2 aromatic heterocycles. The summed E-state index contributed by atoms with van der Waals surface area (Å²) in [5.41, 5.74) is 4.64. The number of imide groups is 2. The Morgan fingerprint density at radius 1 is 0.567 bits per heavy atom. The average molecular weight is 815 g/mol. The topological polar surface area (TPSA) is 82.5 Å². The highest BCUT2D eigenvalue weighted by Crippen LogP contribution is 2.46. The molecule has 0 saturated heterocycles. The molecule has 0 N–H and O–H groups in total. The Kier molecular flexibility index (Phi) is 13.8. The highest BCUT2D eigenvalue weighted by Gasteiger charge is 2.47. The van der Waals surface area contributed by atoms with Gasteiger partial charge in [-0.05, 0) is 65.7 Å². The Balaban J connectivity index is 1.61. The van der Waals surface area contributed by atoms with Gasteiger partial charge in [-0.2, -0.15) is 4.57 Å². The van der Waals surface area contributed by atoms with Crippen molar-refractivity contribution in [2.24, 2.45) is 11.8 Å². The zero-order valence-corrected chi connectivity index (χ0v) is 38.2. The highest BCUT2D eigenvalue weighted by atomic mass is 16.2. The molecule has 0 fully saturated rings. The number of carbonyl (C=O) groups excluding carboxylic acids is 4. The largest absolute Gasteiger partial charge is 0.274 e. The zero-order valence-electron chi connectivity index (χ0n) is 38.2. The number of nitrogens with zero attached hydrogens (tertiary/aromatic N) is 4. The number of carbonyl (C=O) groups is 4. The second kappa shape index (κ2) is 18.5. The molecule has 320 valence electrons. The molecule has 0 bridgehead atoms. The minimum atomic E-state index is -0.448. The number of rotatable bonds is 20. The minimum absolute atomic E-state index is 0.0424. The second-order valence-electron chi connectivity index (χ2n) is 18.1. The molecular formula is C52H70N4O4+2. The van der Waals surface area contributed by atoms with Crippen LogP contribution in [0.4, 0.5) is 0 Å². The SMILES string of the molecule is CCCCC(CC)CN1C(=O)c2cc(C(C)(CC)CC)c3c4c(cc(-[n+]5ccc(-c6cc[n+](C(C)(CC)CC)cc6)cc5)c(c24)C1=O)C(=O)N(CC(CC)CCCC)C3=O. The summed E-state index contributed by atoms with van der Waals surface area (Å²) in [5.74, 6) is -1.06. The molecule has 2 aliphatic rings. The Morgan fingerprint density at radius 2 is 1.02 bits per heavy atom. The smallest absolute Gasteiger partial charge is 0.268 e. The fourth-order valence-electron chi connectivity index (χ4n) is 9.51. The molecule has 4 aromatic rings. The van der Waals surface area contributed by atoms with Crippen LogP contribution in [0.2, 0.25) is 0 Å². The van der Waals surface area contributed by atoms with Crippen LogP contribution in [0.3, 0.4) is 0 Å². The Hall–Kier alpha value is -4.72. The van der Waals surface area contributed by atoms with Crippen molar-refractivity contribution >= 4 is 34.4 Å². The quantitative estimate of drug-likeness (QED) is 0.0657. The molecule has 2 atom stereocenters. The van der Waals surface area contributed by atoms with Gasteiger partial charge in [-0.1, -0.05) is 101 Å².